The third-order valence-electron chi connectivity index (χ3n) is 5.13. The molecule has 0 amide bonds. The number of hydrogen-bond acceptors (Lipinski definition) is 0. The molecule has 0 heterocycles. The lowest BCUT2D eigenvalue weighted by Crippen LogP contribution is -2.28. The smallest absolute Gasteiger partial charge is 0.0707 e. The molecular weight excluding hydrogens is 300 g/mol. The second-order valence-corrected chi connectivity index (χ2v) is 6.37. The molecule has 1 aliphatic rings. The van der Waals surface area contributed by atoms with Crippen molar-refractivity contribution in [3.63, 3.8) is 0 Å². The third kappa shape index (κ3) is 2.29. The Balaban J connectivity index is 2.52. The number of hydrogen-bond donors (Lipinski definition) is 0. The molecule has 25 heavy (non-hydrogen) atoms. The lowest BCUT2D eigenvalue weighted by molar-refractivity contribution is 0.769. The van der Waals surface area contributed by atoms with Crippen LogP contribution in [0.25, 0.3) is 11.1 Å². The fraction of sp³-hybridized carbons (Fsp3) is 0.120. The van der Waals surface area contributed by atoms with Gasteiger partial charge in [0.05, 0.1) is 5.41 Å². The van der Waals surface area contributed by atoms with Crippen molar-refractivity contribution in [3.05, 3.63) is 120 Å². The van der Waals surface area contributed by atoms with Gasteiger partial charge in [0.15, 0.2) is 0 Å². The van der Waals surface area contributed by atoms with E-state index in [0.29, 0.717) is 0 Å². The van der Waals surface area contributed by atoms with Crippen molar-refractivity contribution >= 4 is 0 Å². The zero-order chi connectivity index (χ0) is 18.0. The number of allylic oxidation sites excluding steroid dienone is 7. The summed E-state index contributed by atoms with van der Waals surface area (Å²) >= 11 is 0. The molecule has 0 heteroatoms. The number of benzene rings is 2. The molecule has 0 radical (unpaired) electrons. The quantitative estimate of drug-likeness (QED) is 0.537. The summed E-state index contributed by atoms with van der Waals surface area (Å²) in [5.74, 6) is 0. The average Bonchev–Trinajstić information content (AvgIpc) is 2.94. The van der Waals surface area contributed by atoms with E-state index in [4.69, 9.17) is 0 Å². The highest BCUT2D eigenvalue weighted by atomic mass is 14.5. The van der Waals surface area contributed by atoms with Crippen LogP contribution in [-0.2, 0) is 5.41 Å². The van der Waals surface area contributed by atoms with Gasteiger partial charge in [-0.25, -0.2) is 0 Å². The van der Waals surface area contributed by atoms with Gasteiger partial charge in [-0.15, -0.1) is 0 Å². The van der Waals surface area contributed by atoms with Crippen LogP contribution in [0.2, 0.25) is 0 Å². The zero-order valence-corrected chi connectivity index (χ0v) is 15.0. The van der Waals surface area contributed by atoms with Crippen molar-refractivity contribution in [3.8, 4) is 11.1 Å². The van der Waals surface area contributed by atoms with Crippen molar-refractivity contribution in [2.75, 3.05) is 0 Å². The van der Waals surface area contributed by atoms with E-state index in [1.54, 1.807) is 0 Å². The maximum Gasteiger partial charge on any atom is 0.0707 e. The normalized spacial score (nSPS) is 18.7. The Morgan fingerprint density at radius 2 is 1.68 bits per heavy atom. The van der Waals surface area contributed by atoms with Gasteiger partial charge in [-0.05, 0) is 52.8 Å². The summed E-state index contributed by atoms with van der Waals surface area (Å²) in [7, 11) is 0. The van der Waals surface area contributed by atoms with Crippen molar-refractivity contribution in [2.45, 2.75) is 19.3 Å². The van der Waals surface area contributed by atoms with Crippen LogP contribution in [0.1, 0.15) is 23.6 Å². The summed E-state index contributed by atoms with van der Waals surface area (Å²) in [5.41, 5.74) is 8.00. The molecule has 1 unspecified atom stereocenters. The molecule has 2 aromatic rings. The summed E-state index contributed by atoms with van der Waals surface area (Å²) in [6.45, 7) is 16.7. The standard InChI is InChI=1S/C25H24/c1-6-9-14-20(8-3)25(19(5)7-2)22-16-11-10-15-21(22)24-18(4)13-12-17-23(24)25/h6-17H,2-3,5H2,1,4H3/b9-6-,20-14+. The van der Waals surface area contributed by atoms with Crippen LogP contribution in [0.15, 0.2) is 104 Å². The largest absolute Gasteiger partial charge is 0.0988 e. The van der Waals surface area contributed by atoms with Gasteiger partial charge in [0, 0.05) is 0 Å². The fourth-order valence-electron chi connectivity index (χ4n) is 4.05. The van der Waals surface area contributed by atoms with Crippen molar-refractivity contribution in [1.82, 2.24) is 0 Å². The first-order valence-corrected chi connectivity index (χ1v) is 8.60. The van der Waals surface area contributed by atoms with Gasteiger partial charge in [-0.3, -0.25) is 0 Å². The second-order valence-electron chi connectivity index (χ2n) is 6.37. The minimum Gasteiger partial charge on any atom is -0.0988 e. The number of fused-ring (bicyclic) bond motifs is 3. The first-order chi connectivity index (χ1) is 12.1. The van der Waals surface area contributed by atoms with Crippen LogP contribution in [-0.4, -0.2) is 0 Å². The Morgan fingerprint density at radius 1 is 0.960 bits per heavy atom. The van der Waals surface area contributed by atoms with Gasteiger partial charge >= 0.3 is 0 Å². The van der Waals surface area contributed by atoms with Gasteiger partial charge in [-0.1, -0.05) is 92.6 Å². The first-order valence-electron chi connectivity index (χ1n) is 8.60. The van der Waals surface area contributed by atoms with Crippen LogP contribution >= 0.6 is 0 Å². The van der Waals surface area contributed by atoms with Gasteiger partial charge in [0.2, 0.25) is 0 Å². The molecule has 0 spiro atoms. The zero-order valence-electron chi connectivity index (χ0n) is 15.0. The van der Waals surface area contributed by atoms with Crippen LogP contribution in [0.5, 0.6) is 0 Å². The van der Waals surface area contributed by atoms with E-state index in [2.05, 4.69) is 81.3 Å². The van der Waals surface area contributed by atoms with Gasteiger partial charge in [0.1, 0.15) is 0 Å². The molecule has 0 saturated carbocycles. The Hall–Kier alpha value is -2.86. The summed E-state index contributed by atoms with van der Waals surface area (Å²) < 4.78 is 0. The molecule has 0 aliphatic heterocycles. The minimum atomic E-state index is -0.443. The van der Waals surface area contributed by atoms with Gasteiger partial charge in [-0.2, -0.15) is 0 Å². The Bertz CT molecular complexity index is 921. The molecule has 1 atom stereocenters. The highest BCUT2D eigenvalue weighted by Crippen LogP contribution is 2.57. The summed E-state index contributed by atoms with van der Waals surface area (Å²) in [6.07, 6.45) is 10.1. The van der Waals surface area contributed by atoms with Crippen molar-refractivity contribution in [2.24, 2.45) is 0 Å². The van der Waals surface area contributed by atoms with Gasteiger partial charge < -0.3 is 0 Å². The summed E-state index contributed by atoms with van der Waals surface area (Å²) in [6, 6.07) is 15.1. The number of rotatable bonds is 5. The van der Waals surface area contributed by atoms with E-state index in [0.717, 1.165) is 11.1 Å². The molecule has 0 nitrogen and oxygen atoms in total. The molecule has 0 bridgehead atoms. The summed E-state index contributed by atoms with van der Waals surface area (Å²) in [5, 5.41) is 0. The maximum atomic E-state index is 4.40. The predicted octanol–water partition coefficient (Wildman–Crippen LogP) is 6.69. The molecule has 2 aromatic carbocycles. The Morgan fingerprint density at radius 3 is 2.36 bits per heavy atom. The second kappa shape index (κ2) is 6.57. The molecule has 0 saturated heterocycles. The van der Waals surface area contributed by atoms with Crippen molar-refractivity contribution in [1.29, 1.82) is 0 Å². The topological polar surface area (TPSA) is 0 Å². The molecular formula is C25H24. The average molecular weight is 324 g/mol. The Kier molecular flexibility index (Phi) is 4.46. The Labute approximate surface area is 151 Å². The lowest BCUT2D eigenvalue weighted by Gasteiger charge is -2.34. The predicted molar refractivity (Wildman–Crippen MR) is 110 cm³/mol. The van der Waals surface area contributed by atoms with Crippen LogP contribution in [0.3, 0.4) is 0 Å². The lowest BCUT2D eigenvalue weighted by atomic mass is 9.67. The molecule has 0 fully saturated rings. The minimum absolute atomic E-state index is 0.443. The first kappa shape index (κ1) is 17.0. The van der Waals surface area contributed by atoms with E-state index in [1.807, 2.05) is 25.2 Å². The highest BCUT2D eigenvalue weighted by Gasteiger charge is 2.46. The molecule has 3 rings (SSSR count). The van der Waals surface area contributed by atoms with E-state index >= 15 is 0 Å². The SMILES string of the molecule is C=CC(=C)C1(/C(C=C)=C/C=C\C)c2ccccc2-c2c(C)cccc21. The van der Waals surface area contributed by atoms with Crippen molar-refractivity contribution < 1.29 is 0 Å². The van der Waals surface area contributed by atoms with E-state index < -0.39 is 5.41 Å². The third-order valence-corrected chi connectivity index (χ3v) is 5.13. The van der Waals surface area contributed by atoms with Gasteiger partial charge in [0.25, 0.3) is 0 Å². The molecule has 124 valence electrons. The number of aryl methyl sites for hydroxylation is 1. The highest BCUT2D eigenvalue weighted by molar-refractivity contribution is 5.88. The van der Waals surface area contributed by atoms with E-state index in [1.165, 1.54) is 27.8 Å². The maximum absolute atomic E-state index is 4.40. The van der Waals surface area contributed by atoms with E-state index in [-0.39, 0.29) is 0 Å². The molecule has 1 aliphatic carbocycles. The summed E-state index contributed by atoms with van der Waals surface area (Å²) in [4.78, 5) is 0. The monoisotopic (exact) mass is 324 g/mol. The van der Waals surface area contributed by atoms with Crippen LogP contribution < -0.4 is 0 Å². The van der Waals surface area contributed by atoms with Crippen LogP contribution in [0.4, 0.5) is 0 Å². The fourth-order valence-corrected chi connectivity index (χ4v) is 4.05. The van der Waals surface area contributed by atoms with Crippen LogP contribution in [0, 0.1) is 6.92 Å². The molecule has 0 N–H and O–H groups in total. The molecule has 0 aromatic heterocycles. The van der Waals surface area contributed by atoms with E-state index in [9.17, 15) is 0 Å².